The maximum atomic E-state index is 12.2. The monoisotopic (exact) mass is 302 g/mol. The van der Waals surface area contributed by atoms with E-state index in [1.165, 1.54) is 0 Å². The molecule has 0 bridgehead atoms. The number of hydrogen-bond acceptors (Lipinski definition) is 4. The van der Waals surface area contributed by atoms with E-state index in [2.05, 4.69) is 29.5 Å². The second-order valence-electron chi connectivity index (χ2n) is 6.01. The van der Waals surface area contributed by atoms with Crippen LogP contribution in [-0.2, 0) is 11.3 Å². The molecule has 6 heteroatoms. The first kappa shape index (κ1) is 16.1. The van der Waals surface area contributed by atoms with Gasteiger partial charge in [0.1, 0.15) is 12.1 Å². The van der Waals surface area contributed by atoms with Gasteiger partial charge in [-0.25, -0.2) is 4.68 Å². The van der Waals surface area contributed by atoms with Crippen molar-refractivity contribution in [1.29, 1.82) is 0 Å². The zero-order valence-corrected chi connectivity index (χ0v) is 13.2. The van der Waals surface area contributed by atoms with E-state index in [4.69, 9.17) is 0 Å². The third kappa shape index (κ3) is 4.13. The van der Waals surface area contributed by atoms with Crippen molar-refractivity contribution in [2.45, 2.75) is 46.2 Å². The molecule has 1 aromatic carbocycles. The Morgan fingerprint density at radius 2 is 1.95 bits per heavy atom. The number of carbonyl (C=O) groups is 1. The van der Waals surface area contributed by atoms with Gasteiger partial charge in [-0.2, -0.15) is 0 Å². The lowest BCUT2D eigenvalue weighted by Crippen LogP contribution is -2.38. The minimum atomic E-state index is -0.296. The van der Waals surface area contributed by atoms with Crippen molar-refractivity contribution in [3.05, 3.63) is 34.6 Å². The zero-order valence-electron chi connectivity index (χ0n) is 13.2. The second-order valence-corrected chi connectivity index (χ2v) is 6.01. The van der Waals surface area contributed by atoms with Crippen LogP contribution in [0.2, 0.25) is 0 Å². The van der Waals surface area contributed by atoms with Gasteiger partial charge in [0.25, 0.3) is 5.56 Å². The number of fused-ring (bicyclic) bond motifs is 1. The fourth-order valence-electron chi connectivity index (χ4n) is 2.24. The molecule has 0 aliphatic heterocycles. The third-order valence-electron chi connectivity index (χ3n) is 3.51. The maximum absolute atomic E-state index is 12.2. The minimum absolute atomic E-state index is 0.0824. The zero-order chi connectivity index (χ0) is 16.1. The first-order valence-electron chi connectivity index (χ1n) is 7.59. The Balaban J connectivity index is 2.03. The van der Waals surface area contributed by atoms with Gasteiger partial charge in [-0.15, -0.1) is 5.10 Å². The lowest BCUT2D eigenvalue weighted by atomic mass is 10.0. The van der Waals surface area contributed by atoms with Crippen LogP contribution in [0.4, 0.5) is 0 Å². The van der Waals surface area contributed by atoms with E-state index >= 15 is 0 Å². The van der Waals surface area contributed by atoms with Crippen LogP contribution in [0.3, 0.4) is 0 Å². The quantitative estimate of drug-likeness (QED) is 0.881. The summed E-state index contributed by atoms with van der Waals surface area (Å²) in [5.41, 5.74) is 0.241. The molecule has 1 N–H and O–H groups in total. The molecule has 0 aliphatic carbocycles. The fourth-order valence-corrected chi connectivity index (χ4v) is 2.24. The average molecular weight is 302 g/mol. The highest BCUT2D eigenvalue weighted by Crippen LogP contribution is 2.06. The molecule has 0 radical (unpaired) electrons. The van der Waals surface area contributed by atoms with E-state index in [1.54, 1.807) is 24.3 Å². The fraction of sp³-hybridized carbons (Fsp3) is 0.500. The number of aromatic nitrogens is 3. The summed E-state index contributed by atoms with van der Waals surface area (Å²) in [5.74, 6) is 0.385. The number of carbonyl (C=O) groups excluding carboxylic acids is 1. The van der Waals surface area contributed by atoms with Gasteiger partial charge in [0.05, 0.1) is 5.39 Å². The van der Waals surface area contributed by atoms with Gasteiger partial charge in [-0.1, -0.05) is 31.2 Å². The summed E-state index contributed by atoms with van der Waals surface area (Å²) in [6.07, 6.45) is 1.97. The Labute approximate surface area is 129 Å². The Morgan fingerprint density at radius 3 is 2.68 bits per heavy atom. The second kappa shape index (κ2) is 7.15. The van der Waals surface area contributed by atoms with Gasteiger partial charge in [0, 0.05) is 6.04 Å². The highest BCUT2D eigenvalue weighted by Gasteiger charge is 2.12. The van der Waals surface area contributed by atoms with E-state index in [9.17, 15) is 9.59 Å². The van der Waals surface area contributed by atoms with Crippen molar-refractivity contribution >= 4 is 16.8 Å². The van der Waals surface area contributed by atoms with Crippen molar-refractivity contribution in [1.82, 2.24) is 20.3 Å². The van der Waals surface area contributed by atoms with Gasteiger partial charge in [0.15, 0.2) is 0 Å². The number of rotatable bonds is 6. The number of hydrogen-bond donors (Lipinski definition) is 1. The molecule has 0 aliphatic rings. The molecule has 2 rings (SSSR count). The molecule has 22 heavy (non-hydrogen) atoms. The number of benzene rings is 1. The SMILES string of the molecule is CC(C)CCC(C)NC(=O)Cn1nnc2ccccc2c1=O. The standard InChI is InChI=1S/C16H22N4O2/c1-11(2)8-9-12(3)17-15(21)10-20-16(22)13-6-4-5-7-14(13)18-19-20/h4-7,11-12H,8-10H2,1-3H3,(H,17,21). The van der Waals surface area contributed by atoms with E-state index in [0.717, 1.165) is 17.5 Å². The van der Waals surface area contributed by atoms with E-state index in [-0.39, 0.29) is 24.1 Å². The van der Waals surface area contributed by atoms with Crippen LogP contribution in [0.15, 0.2) is 29.1 Å². The van der Waals surface area contributed by atoms with Gasteiger partial charge in [-0.05, 0) is 37.8 Å². The van der Waals surface area contributed by atoms with Crippen LogP contribution in [0.1, 0.15) is 33.6 Å². The molecule has 1 aromatic heterocycles. The lowest BCUT2D eigenvalue weighted by Gasteiger charge is -2.15. The molecule has 2 aromatic rings. The predicted molar refractivity (Wildman–Crippen MR) is 85.5 cm³/mol. The van der Waals surface area contributed by atoms with E-state index in [0.29, 0.717) is 16.8 Å². The molecular weight excluding hydrogens is 280 g/mol. The molecule has 1 unspecified atom stereocenters. The molecule has 0 fully saturated rings. The molecule has 118 valence electrons. The molecule has 1 atom stereocenters. The molecule has 1 amide bonds. The number of amides is 1. The first-order valence-corrected chi connectivity index (χ1v) is 7.59. The summed E-state index contributed by atoms with van der Waals surface area (Å²) in [4.78, 5) is 24.3. The normalized spacial score (nSPS) is 12.5. The molecule has 0 saturated heterocycles. The lowest BCUT2D eigenvalue weighted by molar-refractivity contribution is -0.122. The van der Waals surface area contributed by atoms with Crippen LogP contribution in [0, 0.1) is 5.92 Å². The van der Waals surface area contributed by atoms with Crippen LogP contribution >= 0.6 is 0 Å². The Kier molecular flexibility index (Phi) is 5.25. The Morgan fingerprint density at radius 1 is 1.23 bits per heavy atom. The summed E-state index contributed by atoms with van der Waals surface area (Å²) in [6.45, 7) is 6.16. The van der Waals surface area contributed by atoms with Gasteiger partial charge >= 0.3 is 0 Å². The number of nitrogens with zero attached hydrogens (tertiary/aromatic N) is 3. The Bertz CT molecular complexity index is 709. The summed E-state index contributed by atoms with van der Waals surface area (Å²) in [5, 5.41) is 11.2. The first-order chi connectivity index (χ1) is 10.5. The van der Waals surface area contributed by atoms with Crippen LogP contribution in [0.25, 0.3) is 10.9 Å². The van der Waals surface area contributed by atoms with E-state index in [1.807, 2.05) is 6.92 Å². The molecule has 0 saturated carbocycles. The van der Waals surface area contributed by atoms with Crippen LogP contribution < -0.4 is 10.9 Å². The van der Waals surface area contributed by atoms with Gasteiger partial charge in [-0.3, -0.25) is 9.59 Å². The summed E-state index contributed by atoms with van der Waals surface area (Å²) in [7, 11) is 0. The van der Waals surface area contributed by atoms with Crippen LogP contribution in [-0.4, -0.2) is 26.9 Å². The molecular formula is C16H22N4O2. The average Bonchev–Trinajstić information content (AvgIpc) is 2.48. The van der Waals surface area contributed by atoms with Crippen molar-refractivity contribution < 1.29 is 4.79 Å². The summed E-state index contributed by atoms with van der Waals surface area (Å²) < 4.78 is 1.10. The van der Waals surface area contributed by atoms with Crippen molar-refractivity contribution in [2.75, 3.05) is 0 Å². The third-order valence-corrected chi connectivity index (χ3v) is 3.51. The largest absolute Gasteiger partial charge is 0.352 e. The number of nitrogens with one attached hydrogen (secondary N) is 1. The van der Waals surface area contributed by atoms with Gasteiger partial charge in [0.2, 0.25) is 5.91 Å². The molecule has 1 heterocycles. The highest BCUT2D eigenvalue weighted by molar-refractivity contribution is 5.78. The van der Waals surface area contributed by atoms with Crippen molar-refractivity contribution in [3.63, 3.8) is 0 Å². The predicted octanol–water partition coefficient (Wildman–Crippen LogP) is 1.73. The topological polar surface area (TPSA) is 76.9 Å². The van der Waals surface area contributed by atoms with Gasteiger partial charge < -0.3 is 5.32 Å². The maximum Gasteiger partial charge on any atom is 0.278 e. The summed E-state index contributed by atoms with van der Waals surface area (Å²) >= 11 is 0. The van der Waals surface area contributed by atoms with Crippen molar-refractivity contribution in [3.8, 4) is 0 Å². The smallest absolute Gasteiger partial charge is 0.278 e. The van der Waals surface area contributed by atoms with Crippen molar-refractivity contribution in [2.24, 2.45) is 5.92 Å². The molecule has 0 spiro atoms. The summed E-state index contributed by atoms with van der Waals surface area (Å²) in [6, 6.07) is 7.06. The minimum Gasteiger partial charge on any atom is -0.352 e. The van der Waals surface area contributed by atoms with Crippen LogP contribution in [0.5, 0.6) is 0 Å². The van der Waals surface area contributed by atoms with E-state index < -0.39 is 0 Å². The Hall–Kier alpha value is -2.24. The molecule has 6 nitrogen and oxygen atoms in total. The highest BCUT2D eigenvalue weighted by atomic mass is 16.2.